The topological polar surface area (TPSA) is 27.1 Å². The van der Waals surface area contributed by atoms with E-state index in [1.165, 1.54) is 11.1 Å². The molecule has 0 saturated carbocycles. The van der Waals surface area contributed by atoms with Crippen molar-refractivity contribution in [1.29, 1.82) is 0 Å². The molecule has 4 heteroatoms. The first-order chi connectivity index (χ1) is 8.27. The van der Waals surface area contributed by atoms with Gasteiger partial charge in [0.1, 0.15) is 5.82 Å². The molecular formula is C13H17ClN2O. The molecule has 0 bridgehead atoms. The van der Waals surface area contributed by atoms with Crippen LogP contribution in [0.1, 0.15) is 11.4 Å². The van der Waals surface area contributed by atoms with Gasteiger partial charge >= 0.3 is 0 Å². The van der Waals surface area contributed by atoms with Gasteiger partial charge in [-0.25, -0.2) is 4.98 Å². The van der Waals surface area contributed by atoms with Gasteiger partial charge in [0.05, 0.1) is 17.6 Å². The molecule has 3 nitrogen and oxygen atoms in total. The van der Waals surface area contributed by atoms with Gasteiger partial charge in [0, 0.05) is 26.0 Å². The Labute approximate surface area is 106 Å². The first-order valence-electron chi connectivity index (χ1n) is 5.77. The van der Waals surface area contributed by atoms with Gasteiger partial charge in [0.2, 0.25) is 0 Å². The number of ether oxygens (including phenoxy) is 1. The average Bonchev–Trinajstić information content (AvgIpc) is 2.66. The number of hydrogen-bond donors (Lipinski definition) is 0. The first kappa shape index (κ1) is 12.4. The number of nitrogens with zero attached hydrogens (tertiary/aromatic N) is 2. The van der Waals surface area contributed by atoms with Crippen molar-refractivity contribution in [3.8, 4) is 0 Å². The minimum atomic E-state index is 0.593. The van der Waals surface area contributed by atoms with Gasteiger partial charge in [-0.2, -0.15) is 0 Å². The molecule has 2 rings (SSSR count). The summed E-state index contributed by atoms with van der Waals surface area (Å²) in [6, 6.07) is 6.19. The van der Waals surface area contributed by atoms with Crippen LogP contribution in [0.2, 0.25) is 0 Å². The molecule has 0 saturated heterocycles. The van der Waals surface area contributed by atoms with Crippen molar-refractivity contribution in [3.05, 3.63) is 29.6 Å². The Bertz CT molecular complexity index is 507. The zero-order valence-corrected chi connectivity index (χ0v) is 11.0. The van der Waals surface area contributed by atoms with Crippen LogP contribution in [0.3, 0.4) is 0 Å². The smallest absolute Gasteiger partial charge is 0.111 e. The summed E-state index contributed by atoms with van der Waals surface area (Å²) in [7, 11) is 1.72. The molecule has 0 amide bonds. The molecule has 2 aromatic rings. The highest BCUT2D eigenvalue weighted by molar-refractivity contribution is 6.17. The average molecular weight is 253 g/mol. The van der Waals surface area contributed by atoms with Crippen LogP contribution in [0.25, 0.3) is 11.0 Å². The van der Waals surface area contributed by atoms with Crippen molar-refractivity contribution in [2.75, 3.05) is 19.6 Å². The van der Waals surface area contributed by atoms with Crippen LogP contribution in [0.5, 0.6) is 0 Å². The van der Waals surface area contributed by atoms with Crippen LogP contribution >= 0.6 is 11.6 Å². The highest BCUT2D eigenvalue weighted by atomic mass is 35.5. The minimum Gasteiger partial charge on any atom is -0.383 e. The van der Waals surface area contributed by atoms with Gasteiger partial charge in [-0.05, 0) is 18.6 Å². The third-order valence-electron chi connectivity index (χ3n) is 2.88. The molecule has 0 aliphatic carbocycles. The fourth-order valence-electron chi connectivity index (χ4n) is 2.11. The number of aromatic nitrogens is 2. The Morgan fingerprint density at radius 3 is 2.94 bits per heavy atom. The van der Waals surface area contributed by atoms with Crippen LogP contribution < -0.4 is 0 Å². The Morgan fingerprint density at radius 1 is 1.41 bits per heavy atom. The molecule has 0 spiro atoms. The number of para-hydroxylation sites is 1. The molecule has 1 aromatic carbocycles. The number of methoxy groups -OCH3 is 1. The van der Waals surface area contributed by atoms with E-state index in [-0.39, 0.29) is 0 Å². The third kappa shape index (κ3) is 2.45. The molecule has 0 radical (unpaired) electrons. The Morgan fingerprint density at radius 2 is 2.24 bits per heavy atom. The minimum absolute atomic E-state index is 0.593. The summed E-state index contributed by atoms with van der Waals surface area (Å²) >= 11 is 5.82. The molecular weight excluding hydrogens is 236 g/mol. The summed E-state index contributed by atoms with van der Waals surface area (Å²) in [6.45, 7) is 3.62. The van der Waals surface area contributed by atoms with Crippen molar-refractivity contribution in [2.45, 2.75) is 19.9 Å². The number of aryl methyl sites for hydroxylation is 2. The quantitative estimate of drug-likeness (QED) is 0.765. The molecule has 0 atom stereocenters. The van der Waals surface area contributed by atoms with Crippen molar-refractivity contribution in [3.63, 3.8) is 0 Å². The van der Waals surface area contributed by atoms with E-state index in [0.29, 0.717) is 12.5 Å². The van der Waals surface area contributed by atoms with E-state index in [9.17, 15) is 0 Å². The zero-order valence-electron chi connectivity index (χ0n) is 10.2. The molecule has 0 aliphatic rings. The second kappa shape index (κ2) is 5.52. The van der Waals surface area contributed by atoms with Gasteiger partial charge in [0.15, 0.2) is 0 Å². The third-order valence-corrected chi connectivity index (χ3v) is 3.07. The number of alkyl halides is 1. The lowest BCUT2D eigenvalue weighted by Gasteiger charge is -2.09. The summed E-state index contributed by atoms with van der Waals surface area (Å²) in [4.78, 5) is 4.64. The number of fused-ring (bicyclic) bond motifs is 1. The highest BCUT2D eigenvalue weighted by Crippen LogP contribution is 2.20. The lowest BCUT2D eigenvalue weighted by atomic mass is 10.2. The number of hydrogen-bond acceptors (Lipinski definition) is 2. The molecule has 92 valence electrons. The number of halogens is 1. The van der Waals surface area contributed by atoms with Crippen molar-refractivity contribution < 1.29 is 4.74 Å². The van der Waals surface area contributed by atoms with Crippen molar-refractivity contribution in [2.24, 2.45) is 0 Å². The molecule has 0 fully saturated rings. The fourth-order valence-corrected chi connectivity index (χ4v) is 2.28. The van der Waals surface area contributed by atoms with E-state index < -0.39 is 0 Å². The fraction of sp³-hybridized carbons (Fsp3) is 0.462. The largest absolute Gasteiger partial charge is 0.383 e. The van der Waals surface area contributed by atoms with E-state index in [1.807, 2.05) is 12.1 Å². The summed E-state index contributed by atoms with van der Waals surface area (Å²) in [5.41, 5.74) is 3.48. The van der Waals surface area contributed by atoms with Crippen molar-refractivity contribution >= 4 is 22.6 Å². The first-order valence-corrected chi connectivity index (χ1v) is 6.31. The van der Waals surface area contributed by atoms with Crippen LogP contribution in [0.15, 0.2) is 18.2 Å². The van der Waals surface area contributed by atoms with Gasteiger partial charge in [-0.3, -0.25) is 0 Å². The number of imidazole rings is 1. The standard InChI is InChI=1S/C13H17ClN2O/c1-10-4-3-5-11-13(10)16(8-9-17-2)12(15-11)6-7-14/h3-5H,6-9H2,1-2H3. The molecule has 17 heavy (non-hydrogen) atoms. The summed E-state index contributed by atoms with van der Waals surface area (Å²) in [6.07, 6.45) is 0.791. The highest BCUT2D eigenvalue weighted by Gasteiger charge is 2.11. The monoisotopic (exact) mass is 252 g/mol. The molecule has 0 unspecified atom stereocenters. The maximum Gasteiger partial charge on any atom is 0.111 e. The van der Waals surface area contributed by atoms with E-state index in [1.54, 1.807) is 7.11 Å². The maximum absolute atomic E-state index is 5.82. The predicted octanol–water partition coefficient (Wildman–Crippen LogP) is 2.77. The summed E-state index contributed by atoms with van der Waals surface area (Å²) in [5.74, 6) is 1.64. The van der Waals surface area contributed by atoms with E-state index in [2.05, 4.69) is 22.5 Å². The molecule has 0 aliphatic heterocycles. The van der Waals surface area contributed by atoms with E-state index in [4.69, 9.17) is 16.3 Å². The van der Waals surface area contributed by atoms with E-state index >= 15 is 0 Å². The Hall–Kier alpha value is -1.06. The maximum atomic E-state index is 5.82. The zero-order chi connectivity index (χ0) is 12.3. The van der Waals surface area contributed by atoms with Crippen LogP contribution in [-0.4, -0.2) is 29.1 Å². The van der Waals surface area contributed by atoms with Crippen LogP contribution in [0.4, 0.5) is 0 Å². The number of rotatable bonds is 5. The van der Waals surface area contributed by atoms with Crippen molar-refractivity contribution in [1.82, 2.24) is 9.55 Å². The second-order valence-corrected chi connectivity index (χ2v) is 4.43. The van der Waals surface area contributed by atoms with Crippen LogP contribution in [-0.2, 0) is 17.7 Å². The Kier molecular flexibility index (Phi) is 4.02. The molecule has 1 aromatic heterocycles. The van der Waals surface area contributed by atoms with Gasteiger partial charge < -0.3 is 9.30 Å². The normalized spacial score (nSPS) is 11.2. The lowest BCUT2D eigenvalue weighted by molar-refractivity contribution is 0.187. The molecule has 1 heterocycles. The summed E-state index contributed by atoms with van der Waals surface area (Å²) in [5, 5.41) is 0. The van der Waals surface area contributed by atoms with E-state index in [0.717, 1.165) is 24.3 Å². The summed E-state index contributed by atoms with van der Waals surface area (Å²) < 4.78 is 7.37. The SMILES string of the molecule is COCCn1c(CCCl)nc2cccc(C)c21. The van der Waals surface area contributed by atoms with Gasteiger partial charge in [0.25, 0.3) is 0 Å². The molecule has 0 N–H and O–H groups in total. The van der Waals surface area contributed by atoms with Gasteiger partial charge in [-0.15, -0.1) is 11.6 Å². The number of benzene rings is 1. The lowest BCUT2D eigenvalue weighted by Crippen LogP contribution is -2.09. The Balaban J connectivity index is 2.52. The van der Waals surface area contributed by atoms with Crippen LogP contribution in [0, 0.1) is 6.92 Å². The van der Waals surface area contributed by atoms with Gasteiger partial charge in [-0.1, -0.05) is 12.1 Å². The second-order valence-electron chi connectivity index (χ2n) is 4.05. The predicted molar refractivity (Wildman–Crippen MR) is 70.8 cm³/mol.